The monoisotopic (exact) mass is 386 g/mol. The smallest absolute Gasteiger partial charge is 0.315 e. The van der Waals surface area contributed by atoms with Crippen LogP contribution in [0.15, 0.2) is 42.5 Å². The van der Waals surface area contributed by atoms with Gasteiger partial charge in [0.2, 0.25) is 5.91 Å². The van der Waals surface area contributed by atoms with Crippen LogP contribution in [0.3, 0.4) is 0 Å². The summed E-state index contributed by atoms with van der Waals surface area (Å²) in [7, 11) is 1.47. The van der Waals surface area contributed by atoms with Crippen molar-refractivity contribution < 1.29 is 19.4 Å². The predicted molar refractivity (Wildman–Crippen MR) is 107 cm³/mol. The molecule has 8 heteroatoms. The third-order valence-corrected chi connectivity index (χ3v) is 4.23. The first-order valence-corrected chi connectivity index (χ1v) is 8.93. The Bertz CT molecular complexity index is 808. The molecular weight excluding hydrogens is 360 g/mol. The second kappa shape index (κ2) is 10.1. The lowest BCUT2D eigenvalue weighted by atomic mass is 10.1. The summed E-state index contributed by atoms with van der Waals surface area (Å²) in [4.78, 5) is 25.9. The first kappa shape index (κ1) is 20.9. The van der Waals surface area contributed by atoms with Crippen LogP contribution < -0.4 is 21.1 Å². The third kappa shape index (κ3) is 5.80. The van der Waals surface area contributed by atoms with Gasteiger partial charge in [-0.2, -0.15) is 0 Å². The maximum absolute atomic E-state index is 12.4. The molecule has 0 aliphatic carbocycles. The van der Waals surface area contributed by atoms with Crippen molar-refractivity contribution in [2.75, 3.05) is 25.9 Å². The maximum atomic E-state index is 12.4. The molecular formula is C20H26N4O4. The number of phenols is 1. The zero-order valence-electron chi connectivity index (χ0n) is 16.1. The van der Waals surface area contributed by atoms with Gasteiger partial charge in [0, 0.05) is 30.9 Å². The molecule has 8 nitrogen and oxygen atoms in total. The molecule has 150 valence electrons. The van der Waals surface area contributed by atoms with Crippen LogP contribution in [0.25, 0.3) is 0 Å². The van der Waals surface area contributed by atoms with Crippen molar-refractivity contribution in [2.45, 2.75) is 20.0 Å². The van der Waals surface area contributed by atoms with Crippen molar-refractivity contribution in [2.24, 2.45) is 0 Å². The fraction of sp³-hybridized carbons (Fsp3) is 0.300. The van der Waals surface area contributed by atoms with Crippen LogP contribution in [0.2, 0.25) is 0 Å². The molecule has 0 saturated carbocycles. The zero-order valence-corrected chi connectivity index (χ0v) is 16.1. The number of likely N-dealkylation sites (N-methyl/N-ethyl adjacent to an activating group) is 1. The summed E-state index contributed by atoms with van der Waals surface area (Å²) in [5, 5.41) is 15.4. The van der Waals surface area contributed by atoms with E-state index in [9.17, 15) is 14.7 Å². The summed E-state index contributed by atoms with van der Waals surface area (Å²) < 4.78 is 5.08. The van der Waals surface area contributed by atoms with Crippen molar-refractivity contribution >= 4 is 17.6 Å². The molecule has 0 saturated heterocycles. The molecule has 0 aromatic heterocycles. The van der Waals surface area contributed by atoms with Crippen LogP contribution in [0.4, 0.5) is 10.5 Å². The number of hydrogen-bond acceptors (Lipinski definition) is 5. The van der Waals surface area contributed by atoms with Gasteiger partial charge in [-0.15, -0.1) is 0 Å². The number of rotatable bonds is 8. The van der Waals surface area contributed by atoms with Gasteiger partial charge in [0.15, 0.2) is 11.5 Å². The van der Waals surface area contributed by atoms with E-state index in [1.54, 1.807) is 30.3 Å². The zero-order chi connectivity index (χ0) is 20.5. The summed E-state index contributed by atoms with van der Waals surface area (Å²) in [5.74, 6) is 0.0963. The number of urea groups is 1. The van der Waals surface area contributed by atoms with Crippen molar-refractivity contribution in [3.63, 3.8) is 0 Å². The fourth-order valence-corrected chi connectivity index (χ4v) is 2.59. The number of aromatic hydroxyl groups is 1. The predicted octanol–water partition coefficient (Wildman–Crippen LogP) is 1.83. The van der Waals surface area contributed by atoms with Crippen molar-refractivity contribution in [3.05, 3.63) is 53.6 Å². The maximum Gasteiger partial charge on any atom is 0.315 e. The Kier molecular flexibility index (Phi) is 7.50. The third-order valence-electron chi connectivity index (χ3n) is 4.23. The molecule has 0 spiro atoms. The summed E-state index contributed by atoms with van der Waals surface area (Å²) in [6, 6.07) is 11.8. The van der Waals surface area contributed by atoms with Crippen LogP contribution >= 0.6 is 0 Å². The number of nitrogen functional groups attached to an aromatic ring is 1. The highest BCUT2D eigenvalue weighted by molar-refractivity contribution is 5.84. The van der Waals surface area contributed by atoms with E-state index in [4.69, 9.17) is 10.5 Å². The number of amides is 3. The second-order valence-corrected chi connectivity index (χ2v) is 6.15. The molecule has 0 aliphatic rings. The van der Waals surface area contributed by atoms with Gasteiger partial charge in [-0.1, -0.05) is 24.3 Å². The molecule has 2 aromatic carbocycles. The number of para-hydroxylation sites is 1. The Morgan fingerprint density at radius 1 is 1.14 bits per heavy atom. The SMILES string of the molecule is CCN(Cc1cccc(OC)c1O)C(=O)CNC(=O)NCc1ccc(N)cc1. The van der Waals surface area contributed by atoms with Gasteiger partial charge in [0.05, 0.1) is 13.7 Å². The van der Waals surface area contributed by atoms with E-state index in [2.05, 4.69) is 10.6 Å². The highest BCUT2D eigenvalue weighted by Gasteiger charge is 2.16. The van der Waals surface area contributed by atoms with Gasteiger partial charge in [-0.25, -0.2) is 4.79 Å². The fourth-order valence-electron chi connectivity index (χ4n) is 2.59. The molecule has 0 unspecified atom stereocenters. The number of nitrogens with zero attached hydrogens (tertiary/aromatic N) is 1. The number of nitrogens with one attached hydrogen (secondary N) is 2. The topological polar surface area (TPSA) is 117 Å². The Morgan fingerprint density at radius 2 is 1.86 bits per heavy atom. The number of carbonyl (C=O) groups excluding carboxylic acids is 2. The number of benzene rings is 2. The highest BCUT2D eigenvalue weighted by Crippen LogP contribution is 2.30. The number of carbonyl (C=O) groups is 2. The molecule has 0 heterocycles. The van der Waals surface area contributed by atoms with Gasteiger partial charge < -0.3 is 31.1 Å². The Balaban J connectivity index is 1.84. The molecule has 0 bridgehead atoms. The Hall–Kier alpha value is -3.42. The first-order chi connectivity index (χ1) is 13.4. The molecule has 2 rings (SSSR count). The van der Waals surface area contributed by atoms with Crippen molar-refractivity contribution in [3.8, 4) is 11.5 Å². The minimum atomic E-state index is -0.439. The van der Waals surface area contributed by atoms with Gasteiger partial charge in [0.1, 0.15) is 0 Å². The minimum Gasteiger partial charge on any atom is -0.504 e. The van der Waals surface area contributed by atoms with Gasteiger partial charge in [0.25, 0.3) is 0 Å². The number of nitrogens with two attached hydrogens (primary N) is 1. The summed E-state index contributed by atoms with van der Waals surface area (Å²) in [5.41, 5.74) is 7.75. The number of anilines is 1. The summed E-state index contributed by atoms with van der Waals surface area (Å²) in [6.45, 7) is 2.66. The van der Waals surface area contributed by atoms with Crippen LogP contribution in [0.5, 0.6) is 11.5 Å². The molecule has 5 N–H and O–H groups in total. The Labute approximate surface area is 164 Å². The van der Waals surface area contributed by atoms with Crippen molar-refractivity contribution in [1.29, 1.82) is 0 Å². The lowest BCUT2D eigenvalue weighted by Gasteiger charge is -2.22. The van der Waals surface area contributed by atoms with E-state index >= 15 is 0 Å². The van der Waals surface area contributed by atoms with E-state index in [0.717, 1.165) is 5.56 Å². The lowest BCUT2D eigenvalue weighted by molar-refractivity contribution is -0.130. The summed E-state index contributed by atoms with van der Waals surface area (Å²) in [6.07, 6.45) is 0. The molecule has 0 fully saturated rings. The van der Waals surface area contributed by atoms with Crippen LogP contribution in [0.1, 0.15) is 18.1 Å². The van der Waals surface area contributed by atoms with Gasteiger partial charge in [-0.3, -0.25) is 4.79 Å². The average Bonchev–Trinajstić information content (AvgIpc) is 2.70. The average molecular weight is 386 g/mol. The molecule has 2 aromatic rings. The minimum absolute atomic E-state index is 0.00505. The van der Waals surface area contributed by atoms with Crippen LogP contribution in [0, 0.1) is 0 Å². The normalized spacial score (nSPS) is 10.2. The van der Waals surface area contributed by atoms with Gasteiger partial charge in [-0.05, 0) is 30.7 Å². The molecule has 0 atom stereocenters. The standard InChI is InChI=1S/C20H26N4O4/c1-3-24(13-15-5-4-6-17(28-2)19(15)26)18(25)12-23-20(27)22-11-14-7-9-16(21)10-8-14/h4-10,26H,3,11-13,21H2,1-2H3,(H2,22,23,27). The largest absolute Gasteiger partial charge is 0.504 e. The van der Waals surface area contributed by atoms with Crippen LogP contribution in [-0.2, 0) is 17.9 Å². The van der Waals surface area contributed by atoms with E-state index in [1.807, 2.05) is 19.1 Å². The molecule has 0 radical (unpaired) electrons. The number of methoxy groups -OCH3 is 1. The first-order valence-electron chi connectivity index (χ1n) is 8.93. The Morgan fingerprint density at radius 3 is 2.50 bits per heavy atom. The summed E-state index contributed by atoms with van der Waals surface area (Å²) >= 11 is 0. The van der Waals surface area contributed by atoms with Gasteiger partial charge >= 0.3 is 6.03 Å². The van der Waals surface area contributed by atoms with E-state index in [-0.39, 0.29) is 24.7 Å². The highest BCUT2D eigenvalue weighted by atomic mass is 16.5. The van der Waals surface area contributed by atoms with E-state index in [1.165, 1.54) is 12.0 Å². The molecule has 3 amide bonds. The van der Waals surface area contributed by atoms with E-state index < -0.39 is 6.03 Å². The van der Waals surface area contributed by atoms with Crippen LogP contribution in [-0.4, -0.2) is 42.1 Å². The quantitative estimate of drug-likeness (QED) is 0.517. The number of phenolic OH excluding ortho intramolecular Hbond substituents is 1. The molecule has 0 aliphatic heterocycles. The van der Waals surface area contributed by atoms with E-state index in [0.29, 0.717) is 30.1 Å². The second-order valence-electron chi connectivity index (χ2n) is 6.15. The lowest BCUT2D eigenvalue weighted by Crippen LogP contribution is -2.43. The number of ether oxygens (including phenoxy) is 1. The van der Waals surface area contributed by atoms with Crippen molar-refractivity contribution in [1.82, 2.24) is 15.5 Å². The molecule has 28 heavy (non-hydrogen) atoms. The number of hydrogen-bond donors (Lipinski definition) is 4.